The molecule has 0 spiro atoms. The number of ether oxygens (including phenoxy) is 1. The van der Waals surface area contributed by atoms with Gasteiger partial charge in [-0.15, -0.1) is 0 Å². The third-order valence-corrected chi connectivity index (χ3v) is 2.78. The Balaban J connectivity index is 2.34. The number of aromatic nitrogens is 2. The van der Waals surface area contributed by atoms with Crippen molar-refractivity contribution in [3.8, 4) is 16.9 Å². The molecular formula is C14H16N2O2. The van der Waals surface area contributed by atoms with Gasteiger partial charge in [0.1, 0.15) is 5.75 Å². The van der Waals surface area contributed by atoms with E-state index in [0.717, 1.165) is 30.4 Å². The summed E-state index contributed by atoms with van der Waals surface area (Å²) in [5.74, 6) is 0.592. The first-order valence-electron chi connectivity index (χ1n) is 5.94. The fourth-order valence-corrected chi connectivity index (χ4v) is 1.87. The molecule has 0 atom stereocenters. The van der Waals surface area contributed by atoms with Gasteiger partial charge in [-0.3, -0.25) is 9.48 Å². The quantitative estimate of drug-likeness (QED) is 0.760. The lowest BCUT2D eigenvalue weighted by Crippen LogP contribution is -1.95. The number of rotatable bonds is 5. The summed E-state index contributed by atoms with van der Waals surface area (Å²) >= 11 is 0. The van der Waals surface area contributed by atoms with Crippen molar-refractivity contribution in [1.82, 2.24) is 9.78 Å². The number of aryl methyl sites for hydroxylation is 1. The Morgan fingerprint density at radius 3 is 2.89 bits per heavy atom. The van der Waals surface area contributed by atoms with Crippen molar-refractivity contribution in [3.63, 3.8) is 0 Å². The van der Waals surface area contributed by atoms with Crippen molar-refractivity contribution in [2.24, 2.45) is 0 Å². The highest BCUT2D eigenvalue weighted by atomic mass is 16.5. The van der Waals surface area contributed by atoms with Crippen molar-refractivity contribution < 1.29 is 9.53 Å². The van der Waals surface area contributed by atoms with Gasteiger partial charge in [0.05, 0.1) is 18.9 Å². The summed E-state index contributed by atoms with van der Waals surface area (Å²) in [6.45, 7) is 3.01. The monoisotopic (exact) mass is 244 g/mol. The van der Waals surface area contributed by atoms with Gasteiger partial charge in [-0.2, -0.15) is 5.10 Å². The number of aldehydes is 1. The van der Waals surface area contributed by atoms with Gasteiger partial charge < -0.3 is 4.74 Å². The molecule has 0 fully saturated rings. The first kappa shape index (κ1) is 12.4. The second kappa shape index (κ2) is 5.49. The van der Waals surface area contributed by atoms with E-state index in [1.54, 1.807) is 13.2 Å². The van der Waals surface area contributed by atoms with Gasteiger partial charge in [-0.1, -0.05) is 13.0 Å². The lowest BCUT2D eigenvalue weighted by molar-refractivity contribution is 0.112. The minimum absolute atomic E-state index is 0.554. The number of hydrogen-bond acceptors (Lipinski definition) is 3. The highest BCUT2D eigenvalue weighted by Gasteiger charge is 2.06. The summed E-state index contributed by atoms with van der Waals surface area (Å²) in [5, 5.41) is 4.28. The molecule has 0 aliphatic heterocycles. The molecule has 1 aromatic carbocycles. The van der Waals surface area contributed by atoms with E-state index < -0.39 is 0 Å². The van der Waals surface area contributed by atoms with Crippen LogP contribution in [-0.4, -0.2) is 23.2 Å². The molecule has 0 saturated carbocycles. The highest BCUT2D eigenvalue weighted by Crippen LogP contribution is 2.25. The molecule has 0 radical (unpaired) electrons. The van der Waals surface area contributed by atoms with Crippen molar-refractivity contribution in [3.05, 3.63) is 36.2 Å². The summed E-state index contributed by atoms with van der Waals surface area (Å²) in [6, 6.07) is 5.55. The molecule has 0 saturated heterocycles. The molecule has 0 aliphatic rings. The van der Waals surface area contributed by atoms with E-state index in [-0.39, 0.29) is 0 Å². The normalized spacial score (nSPS) is 10.3. The Morgan fingerprint density at radius 2 is 2.22 bits per heavy atom. The molecule has 2 aromatic rings. The van der Waals surface area contributed by atoms with Gasteiger partial charge >= 0.3 is 0 Å². The minimum Gasteiger partial charge on any atom is -0.496 e. The predicted molar refractivity (Wildman–Crippen MR) is 69.9 cm³/mol. The first-order valence-corrected chi connectivity index (χ1v) is 5.94. The maximum Gasteiger partial charge on any atom is 0.153 e. The second-order valence-corrected chi connectivity index (χ2v) is 4.07. The average Bonchev–Trinajstić information content (AvgIpc) is 2.87. The predicted octanol–water partition coefficient (Wildman–Crippen LogP) is 2.78. The number of carbonyl (C=O) groups excluding carboxylic acids is 1. The molecule has 0 amide bonds. The van der Waals surface area contributed by atoms with Crippen LogP contribution in [0.15, 0.2) is 30.6 Å². The number of carbonyl (C=O) groups is 1. The summed E-state index contributed by atoms with van der Waals surface area (Å²) in [4.78, 5) is 11.0. The molecule has 0 unspecified atom stereocenters. The zero-order valence-electron chi connectivity index (χ0n) is 10.6. The molecule has 4 nitrogen and oxygen atoms in total. The Labute approximate surface area is 106 Å². The molecule has 1 aromatic heterocycles. The van der Waals surface area contributed by atoms with Gasteiger partial charge in [0.25, 0.3) is 0 Å². The van der Waals surface area contributed by atoms with E-state index in [4.69, 9.17) is 4.74 Å². The lowest BCUT2D eigenvalue weighted by Gasteiger charge is -2.05. The lowest BCUT2D eigenvalue weighted by atomic mass is 10.1. The summed E-state index contributed by atoms with van der Waals surface area (Å²) in [5.41, 5.74) is 2.53. The van der Waals surface area contributed by atoms with E-state index in [9.17, 15) is 4.79 Å². The smallest absolute Gasteiger partial charge is 0.153 e. The van der Waals surface area contributed by atoms with Crippen LogP contribution in [0.4, 0.5) is 0 Å². The minimum atomic E-state index is 0.554. The van der Waals surface area contributed by atoms with Crippen LogP contribution in [0.2, 0.25) is 0 Å². The zero-order chi connectivity index (χ0) is 13.0. The molecule has 1 heterocycles. The second-order valence-electron chi connectivity index (χ2n) is 4.07. The van der Waals surface area contributed by atoms with Crippen molar-refractivity contribution >= 4 is 6.29 Å². The van der Waals surface area contributed by atoms with E-state index in [1.807, 2.05) is 29.2 Å². The SMILES string of the molecule is CCCn1cc(-c2ccc(OC)c(C=O)c2)cn1. The molecule has 4 heteroatoms. The van der Waals surface area contributed by atoms with Crippen LogP contribution in [0.25, 0.3) is 11.1 Å². The van der Waals surface area contributed by atoms with Crippen LogP contribution in [0, 0.1) is 0 Å². The fraction of sp³-hybridized carbons (Fsp3) is 0.286. The molecule has 94 valence electrons. The van der Waals surface area contributed by atoms with Gasteiger partial charge in [-0.25, -0.2) is 0 Å². The van der Waals surface area contributed by atoms with Crippen molar-refractivity contribution in [2.45, 2.75) is 19.9 Å². The standard InChI is InChI=1S/C14H16N2O2/c1-3-6-16-9-13(8-15-16)11-4-5-14(18-2)12(7-11)10-17/h4-5,7-10H,3,6H2,1-2H3. The number of nitrogens with zero attached hydrogens (tertiary/aromatic N) is 2. The van der Waals surface area contributed by atoms with E-state index >= 15 is 0 Å². The fourth-order valence-electron chi connectivity index (χ4n) is 1.87. The number of methoxy groups -OCH3 is 1. The van der Waals surface area contributed by atoms with E-state index in [0.29, 0.717) is 11.3 Å². The molecule has 0 N–H and O–H groups in total. The van der Waals surface area contributed by atoms with Gasteiger partial charge in [0, 0.05) is 18.3 Å². The maximum atomic E-state index is 11.0. The molecular weight excluding hydrogens is 228 g/mol. The summed E-state index contributed by atoms with van der Waals surface area (Å²) in [6.07, 6.45) is 5.65. The zero-order valence-corrected chi connectivity index (χ0v) is 10.6. The van der Waals surface area contributed by atoms with Gasteiger partial charge in [0.2, 0.25) is 0 Å². The Hall–Kier alpha value is -2.10. The summed E-state index contributed by atoms with van der Waals surface area (Å²) < 4.78 is 7.02. The summed E-state index contributed by atoms with van der Waals surface area (Å²) in [7, 11) is 1.56. The highest BCUT2D eigenvalue weighted by molar-refractivity contribution is 5.82. The van der Waals surface area contributed by atoms with Gasteiger partial charge in [0.15, 0.2) is 6.29 Å². The molecule has 2 rings (SSSR count). The Bertz CT molecular complexity index is 546. The third kappa shape index (κ3) is 2.42. The third-order valence-electron chi connectivity index (χ3n) is 2.78. The van der Waals surface area contributed by atoms with Crippen LogP contribution in [-0.2, 0) is 6.54 Å². The van der Waals surface area contributed by atoms with E-state index in [2.05, 4.69) is 12.0 Å². The number of hydrogen-bond donors (Lipinski definition) is 0. The van der Waals surface area contributed by atoms with Crippen LogP contribution in [0.5, 0.6) is 5.75 Å². The Morgan fingerprint density at radius 1 is 1.39 bits per heavy atom. The number of benzene rings is 1. The van der Waals surface area contributed by atoms with Crippen molar-refractivity contribution in [1.29, 1.82) is 0 Å². The maximum absolute atomic E-state index is 11.0. The van der Waals surface area contributed by atoms with Crippen molar-refractivity contribution in [2.75, 3.05) is 7.11 Å². The average molecular weight is 244 g/mol. The van der Waals surface area contributed by atoms with Crippen LogP contribution < -0.4 is 4.74 Å². The van der Waals surface area contributed by atoms with E-state index in [1.165, 1.54) is 0 Å². The molecule has 0 bridgehead atoms. The molecule has 0 aliphatic carbocycles. The van der Waals surface area contributed by atoms with Gasteiger partial charge in [-0.05, 0) is 24.1 Å². The largest absolute Gasteiger partial charge is 0.496 e. The van der Waals surface area contributed by atoms with Crippen LogP contribution in [0.1, 0.15) is 23.7 Å². The Kier molecular flexibility index (Phi) is 3.77. The van der Waals surface area contributed by atoms with Crippen LogP contribution in [0.3, 0.4) is 0 Å². The molecule has 18 heavy (non-hydrogen) atoms. The first-order chi connectivity index (χ1) is 8.78. The topological polar surface area (TPSA) is 44.1 Å². The van der Waals surface area contributed by atoms with Crippen LogP contribution >= 0.6 is 0 Å².